The van der Waals surface area contributed by atoms with E-state index < -0.39 is 34.5 Å². The molecule has 1 aromatic carbocycles. The van der Waals surface area contributed by atoms with Gasteiger partial charge in [-0.05, 0) is 72.4 Å². The molecule has 1 saturated carbocycles. The molecule has 0 atom stereocenters. The Bertz CT molecular complexity index is 1450. The number of rotatable bonds is 4. The number of hydrogen-bond acceptors (Lipinski definition) is 8. The molecule has 1 fully saturated rings. The fourth-order valence-corrected chi connectivity index (χ4v) is 4.34. The molecule has 0 aliphatic heterocycles. The minimum absolute atomic E-state index is 0.0226. The number of nitrogens with one attached hydrogen (secondary N) is 1. The quantitative estimate of drug-likeness (QED) is 0.451. The molecule has 0 radical (unpaired) electrons. The van der Waals surface area contributed by atoms with Crippen molar-refractivity contribution in [3.63, 3.8) is 0 Å². The minimum atomic E-state index is -0.979. The summed E-state index contributed by atoms with van der Waals surface area (Å²) in [5.74, 6) is -1.66. The highest BCUT2D eigenvalue weighted by Crippen LogP contribution is 2.27. The first-order valence-corrected chi connectivity index (χ1v) is 12.4. The van der Waals surface area contributed by atoms with Crippen molar-refractivity contribution >= 4 is 34.6 Å². The van der Waals surface area contributed by atoms with Crippen LogP contribution in [0.3, 0.4) is 0 Å². The van der Waals surface area contributed by atoms with E-state index in [1.807, 2.05) is 0 Å². The van der Waals surface area contributed by atoms with E-state index in [4.69, 9.17) is 10.5 Å². The lowest BCUT2D eigenvalue weighted by Crippen LogP contribution is -2.29. The van der Waals surface area contributed by atoms with Crippen LogP contribution in [0.5, 0.6) is 0 Å². The van der Waals surface area contributed by atoms with Gasteiger partial charge in [-0.3, -0.25) is 9.36 Å². The molecule has 38 heavy (non-hydrogen) atoms. The van der Waals surface area contributed by atoms with Crippen LogP contribution in [0.1, 0.15) is 66.3 Å². The predicted octanol–water partition coefficient (Wildman–Crippen LogP) is 5.03. The van der Waals surface area contributed by atoms with E-state index in [1.54, 1.807) is 34.6 Å². The molecule has 0 spiro atoms. The Hall–Kier alpha value is -3.96. The number of nitrogen functional groups attached to an aromatic ring is 1. The summed E-state index contributed by atoms with van der Waals surface area (Å²) in [6.45, 7) is 8.90. The molecule has 1 amide bonds. The van der Waals surface area contributed by atoms with Crippen molar-refractivity contribution in [3.8, 4) is 11.3 Å². The zero-order chi connectivity index (χ0) is 27.8. The number of hydrogen-bond donors (Lipinski definition) is 2. The number of nitrogens with zero attached hydrogens (tertiary/aromatic N) is 5. The number of nitrogens with two attached hydrogens (primary N) is 1. The molecule has 1 aliphatic rings. The third-order valence-corrected chi connectivity index (χ3v) is 5.99. The van der Waals surface area contributed by atoms with Gasteiger partial charge in [0.05, 0.1) is 11.8 Å². The zero-order valence-corrected chi connectivity index (χ0v) is 22.0. The lowest BCUT2D eigenvalue weighted by molar-refractivity contribution is 0.0603. The number of anilines is 2. The van der Waals surface area contributed by atoms with Gasteiger partial charge < -0.3 is 15.8 Å². The van der Waals surface area contributed by atoms with Gasteiger partial charge >= 0.3 is 6.09 Å². The number of aliphatic imine (C=N–C) groups is 1. The van der Waals surface area contributed by atoms with E-state index in [0.717, 1.165) is 17.8 Å². The van der Waals surface area contributed by atoms with Crippen molar-refractivity contribution in [1.82, 2.24) is 19.5 Å². The maximum Gasteiger partial charge on any atom is 0.434 e. The van der Waals surface area contributed by atoms with Gasteiger partial charge in [-0.15, -0.1) is 0 Å². The average molecular weight is 528 g/mol. The van der Waals surface area contributed by atoms with Crippen LogP contribution < -0.4 is 16.6 Å². The fraction of sp³-hybridized carbons (Fsp3) is 0.462. The summed E-state index contributed by atoms with van der Waals surface area (Å²) in [4.78, 5) is 42.5. The third-order valence-electron chi connectivity index (χ3n) is 5.99. The molecule has 12 heteroatoms. The maximum atomic E-state index is 14.6. The Morgan fingerprint density at radius 2 is 1.82 bits per heavy atom. The second-order valence-electron chi connectivity index (χ2n) is 10.6. The Balaban J connectivity index is 1.59. The molecular formula is C26H31F2N7O3. The van der Waals surface area contributed by atoms with Gasteiger partial charge in [-0.25, -0.2) is 23.5 Å². The number of fused-ring (bicyclic) bond motifs is 1. The molecule has 3 aromatic rings. The molecule has 0 unspecified atom stereocenters. The smallest absolute Gasteiger partial charge is 0.434 e. The minimum Gasteiger partial charge on any atom is -0.442 e. The van der Waals surface area contributed by atoms with Gasteiger partial charge in [0.1, 0.15) is 28.4 Å². The lowest BCUT2D eigenvalue weighted by atomic mass is 9.94. The van der Waals surface area contributed by atoms with Gasteiger partial charge in [-0.2, -0.15) is 9.98 Å². The largest absolute Gasteiger partial charge is 0.442 e. The van der Waals surface area contributed by atoms with Gasteiger partial charge in [-0.1, -0.05) is 0 Å². The molecule has 10 nitrogen and oxygen atoms in total. The normalized spacial score (nSPS) is 16.1. The van der Waals surface area contributed by atoms with Crippen LogP contribution in [0.2, 0.25) is 0 Å². The highest BCUT2D eigenvalue weighted by Gasteiger charge is 2.24. The van der Waals surface area contributed by atoms with Gasteiger partial charge in [0.15, 0.2) is 5.65 Å². The first-order valence-electron chi connectivity index (χ1n) is 12.4. The molecule has 0 bridgehead atoms. The van der Waals surface area contributed by atoms with E-state index in [-0.39, 0.29) is 34.6 Å². The Kier molecular flexibility index (Phi) is 7.43. The van der Waals surface area contributed by atoms with E-state index in [9.17, 15) is 18.4 Å². The number of carbonyl (C=O) groups excluding carboxylic acids is 1. The van der Waals surface area contributed by atoms with Crippen LogP contribution in [0, 0.1) is 11.6 Å². The number of benzene rings is 1. The van der Waals surface area contributed by atoms with Crippen molar-refractivity contribution in [2.75, 3.05) is 11.1 Å². The number of ether oxygens (including phenoxy) is 1. The van der Waals surface area contributed by atoms with Crippen molar-refractivity contribution in [2.24, 2.45) is 4.99 Å². The van der Waals surface area contributed by atoms with E-state index in [1.165, 1.54) is 10.8 Å². The molecule has 4 rings (SSSR count). The fourth-order valence-electron chi connectivity index (χ4n) is 4.34. The van der Waals surface area contributed by atoms with Crippen molar-refractivity contribution in [1.29, 1.82) is 0 Å². The summed E-state index contributed by atoms with van der Waals surface area (Å²) in [5.41, 5.74) is 4.45. The standard InChI is InChI=1S/C26H31F2N7O3/c1-13(2)35-22-19(33-21(23(35)36)20-17(27)10-14(29)11-18(20)28)12-30-24(34-22)31-15-6-8-16(9-7-15)32-25(37)38-26(3,4)5/h10-13,15H,6-9,29H2,1-5H3,(H,30,31,34). The van der Waals surface area contributed by atoms with Crippen LogP contribution in [-0.4, -0.2) is 43.0 Å². The Labute approximate surface area is 218 Å². The predicted molar refractivity (Wildman–Crippen MR) is 141 cm³/mol. The monoisotopic (exact) mass is 527 g/mol. The van der Waals surface area contributed by atoms with Crippen LogP contribution >= 0.6 is 0 Å². The van der Waals surface area contributed by atoms with E-state index in [2.05, 4.69) is 25.3 Å². The molecule has 2 heterocycles. The lowest BCUT2D eigenvalue weighted by Gasteiger charge is -2.24. The van der Waals surface area contributed by atoms with E-state index >= 15 is 0 Å². The van der Waals surface area contributed by atoms with Gasteiger partial charge in [0.2, 0.25) is 5.95 Å². The summed E-state index contributed by atoms with van der Waals surface area (Å²) in [6, 6.07) is 1.53. The summed E-state index contributed by atoms with van der Waals surface area (Å²) in [5, 5.41) is 3.27. The highest BCUT2D eigenvalue weighted by molar-refractivity contribution is 5.94. The molecule has 3 N–H and O–H groups in total. The number of carbonyl (C=O) groups is 1. The second kappa shape index (κ2) is 10.4. The van der Waals surface area contributed by atoms with Gasteiger partial charge in [0, 0.05) is 23.5 Å². The number of amides is 1. The first-order chi connectivity index (χ1) is 17.8. The van der Waals surface area contributed by atoms with Crippen LogP contribution in [-0.2, 0) is 4.74 Å². The Morgan fingerprint density at radius 1 is 1.18 bits per heavy atom. The van der Waals surface area contributed by atoms with Crippen LogP contribution in [0.4, 0.5) is 25.2 Å². The van der Waals surface area contributed by atoms with Crippen LogP contribution in [0.15, 0.2) is 28.1 Å². The van der Waals surface area contributed by atoms with Crippen molar-refractivity contribution in [3.05, 3.63) is 40.3 Å². The van der Waals surface area contributed by atoms with E-state index in [0.29, 0.717) is 31.6 Å². The molecular weight excluding hydrogens is 496 g/mol. The Morgan fingerprint density at radius 3 is 2.39 bits per heavy atom. The van der Waals surface area contributed by atoms with Crippen LogP contribution in [0.25, 0.3) is 22.4 Å². The van der Waals surface area contributed by atoms with Crippen molar-refractivity contribution < 1.29 is 18.3 Å². The molecule has 1 aliphatic carbocycles. The summed E-state index contributed by atoms with van der Waals surface area (Å²) < 4.78 is 35.8. The second-order valence-corrected chi connectivity index (χ2v) is 10.6. The first kappa shape index (κ1) is 27.1. The SMILES string of the molecule is CC(C)n1c(=O)c(-c2c(F)cc(N)cc2F)nc2cnc(NC3CCC(=NC(=O)OC(C)(C)C)CC3)nc21. The molecule has 2 aromatic heterocycles. The maximum absolute atomic E-state index is 14.6. The molecule has 202 valence electrons. The van der Waals surface area contributed by atoms with Crippen molar-refractivity contribution in [2.45, 2.75) is 78.0 Å². The summed E-state index contributed by atoms with van der Waals surface area (Å²) in [7, 11) is 0. The third kappa shape index (κ3) is 5.95. The summed E-state index contributed by atoms with van der Waals surface area (Å²) >= 11 is 0. The molecule has 0 saturated heterocycles. The average Bonchev–Trinajstić information content (AvgIpc) is 2.78. The van der Waals surface area contributed by atoms with Gasteiger partial charge in [0.25, 0.3) is 5.56 Å². The topological polar surface area (TPSA) is 137 Å². The number of halogens is 2. The number of aromatic nitrogens is 4. The summed E-state index contributed by atoms with van der Waals surface area (Å²) in [6.07, 6.45) is 3.46. The zero-order valence-electron chi connectivity index (χ0n) is 22.0. The highest BCUT2D eigenvalue weighted by atomic mass is 19.1.